The van der Waals surface area contributed by atoms with E-state index in [0.29, 0.717) is 36.1 Å². The van der Waals surface area contributed by atoms with E-state index in [1.807, 2.05) is 0 Å². The Balaban J connectivity index is 1.15. The van der Waals surface area contributed by atoms with Crippen molar-refractivity contribution in [3.05, 3.63) is 54.0 Å². The standard InChI is InChI=1S/C23H29N5O4/c29-21(25-19-4-1-3-17(15-19)22(30)26-18-6-7-18)16-28-12-10-27(11-13-28)9-8-24-23(31)20-5-2-14-32-20/h1-5,14-15,18H,6-13,16H2,(H,24,31)(H,25,29)(H,26,30). The molecule has 170 valence electrons. The average Bonchev–Trinajstić information content (AvgIpc) is 3.43. The second kappa shape index (κ2) is 10.4. The number of benzene rings is 1. The smallest absolute Gasteiger partial charge is 0.287 e. The molecule has 3 N–H and O–H groups in total. The lowest BCUT2D eigenvalue weighted by atomic mass is 10.2. The summed E-state index contributed by atoms with van der Waals surface area (Å²) in [6.45, 7) is 4.84. The SMILES string of the molecule is O=C(CN1CCN(CCNC(=O)c2ccco2)CC1)Nc1cccc(C(=O)NC2CC2)c1. The van der Waals surface area contributed by atoms with E-state index < -0.39 is 0 Å². The van der Waals surface area contributed by atoms with Crippen LogP contribution in [0.5, 0.6) is 0 Å². The molecule has 0 unspecified atom stereocenters. The zero-order valence-corrected chi connectivity index (χ0v) is 18.0. The lowest BCUT2D eigenvalue weighted by Crippen LogP contribution is -2.50. The number of furan rings is 1. The van der Waals surface area contributed by atoms with Crippen molar-refractivity contribution in [2.45, 2.75) is 18.9 Å². The van der Waals surface area contributed by atoms with Gasteiger partial charge in [-0.05, 0) is 43.2 Å². The van der Waals surface area contributed by atoms with Gasteiger partial charge < -0.3 is 20.4 Å². The quantitative estimate of drug-likeness (QED) is 0.541. The minimum absolute atomic E-state index is 0.0936. The van der Waals surface area contributed by atoms with Crippen LogP contribution in [0.25, 0.3) is 0 Å². The summed E-state index contributed by atoms with van der Waals surface area (Å²) in [7, 11) is 0. The number of amides is 3. The van der Waals surface area contributed by atoms with E-state index in [0.717, 1.165) is 45.6 Å². The summed E-state index contributed by atoms with van der Waals surface area (Å²) in [5.41, 5.74) is 1.19. The number of piperazine rings is 1. The Morgan fingerprint density at radius 3 is 2.47 bits per heavy atom. The van der Waals surface area contributed by atoms with Gasteiger partial charge in [0.05, 0.1) is 12.8 Å². The molecular formula is C23H29N5O4. The molecule has 2 fully saturated rings. The number of nitrogens with zero attached hydrogens (tertiary/aromatic N) is 2. The van der Waals surface area contributed by atoms with Crippen molar-refractivity contribution in [3.8, 4) is 0 Å². The summed E-state index contributed by atoms with van der Waals surface area (Å²) < 4.78 is 5.08. The Morgan fingerprint density at radius 1 is 0.969 bits per heavy atom. The average molecular weight is 440 g/mol. The molecule has 0 spiro atoms. The van der Waals surface area contributed by atoms with Crippen LogP contribution in [0.3, 0.4) is 0 Å². The second-order valence-electron chi connectivity index (χ2n) is 8.23. The molecule has 32 heavy (non-hydrogen) atoms. The third-order valence-corrected chi connectivity index (χ3v) is 5.61. The Hall–Kier alpha value is -3.17. The summed E-state index contributed by atoms with van der Waals surface area (Å²) in [5.74, 6) is -0.0849. The predicted octanol–water partition coefficient (Wildman–Crippen LogP) is 1.16. The molecule has 0 radical (unpaired) electrons. The second-order valence-corrected chi connectivity index (χ2v) is 8.23. The molecule has 1 aromatic carbocycles. The molecule has 1 aromatic heterocycles. The molecule has 9 heteroatoms. The molecule has 1 saturated carbocycles. The highest BCUT2D eigenvalue weighted by Gasteiger charge is 2.24. The molecule has 2 aliphatic rings. The normalized spacial score (nSPS) is 17.0. The number of hydrogen-bond donors (Lipinski definition) is 3. The Bertz CT molecular complexity index is 934. The first-order valence-electron chi connectivity index (χ1n) is 11.0. The monoisotopic (exact) mass is 439 g/mol. The zero-order chi connectivity index (χ0) is 22.3. The number of rotatable bonds is 9. The molecule has 2 heterocycles. The number of carbonyl (C=O) groups excluding carboxylic acids is 3. The van der Waals surface area contributed by atoms with Crippen molar-refractivity contribution in [3.63, 3.8) is 0 Å². The van der Waals surface area contributed by atoms with Crippen LogP contribution >= 0.6 is 0 Å². The highest BCUT2D eigenvalue weighted by molar-refractivity contribution is 5.97. The number of hydrogen-bond acceptors (Lipinski definition) is 6. The third-order valence-electron chi connectivity index (χ3n) is 5.61. The van der Waals surface area contributed by atoms with Crippen LogP contribution < -0.4 is 16.0 Å². The fraction of sp³-hybridized carbons (Fsp3) is 0.435. The molecule has 1 aliphatic heterocycles. The molecule has 2 aromatic rings. The van der Waals surface area contributed by atoms with Gasteiger partial charge in [-0.1, -0.05) is 6.07 Å². The maximum absolute atomic E-state index is 12.5. The van der Waals surface area contributed by atoms with Crippen molar-refractivity contribution >= 4 is 23.4 Å². The molecule has 0 bridgehead atoms. The van der Waals surface area contributed by atoms with E-state index >= 15 is 0 Å². The van der Waals surface area contributed by atoms with E-state index in [9.17, 15) is 14.4 Å². The Morgan fingerprint density at radius 2 is 1.75 bits per heavy atom. The lowest BCUT2D eigenvalue weighted by molar-refractivity contribution is -0.117. The van der Waals surface area contributed by atoms with Gasteiger partial charge in [0.25, 0.3) is 11.8 Å². The van der Waals surface area contributed by atoms with Gasteiger partial charge in [-0.15, -0.1) is 0 Å². The predicted molar refractivity (Wildman–Crippen MR) is 119 cm³/mol. The maximum Gasteiger partial charge on any atom is 0.287 e. The van der Waals surface area contributed by atoms with Gasteiger partial charge in [-0.25, -0.2) is 0 Å². The number of carbonyl (C=O) groups is 3. The zero-order valence-electron chi connectivity index (χ0n) is 18.0. The van der Waals surface area contributed by atoms with Crippen molar-refractivity contribution < 1.29 is 18.8 Å². The molecular weight excluding hydrogens is 410 g/mol. The van der Waals surface area contributed by atoms with Crippen LogP contribution in [0.2, 0.25) is 0 Å². The fourth-order valence-electron chi connectivity index (χ4n) is 3.63. The topological polar surface area (TPSA) is 107 Å². The molecule has 0 atom stereocenters. The minimum Gasteiger partial charge on any atom is -0.459 e. The largest absolute Gasteiger partial charge is 0.459 e. The first-order valence-corrected chi connectivity index (χ1v) is 11.0. The van der Waals surface area contributed by atoms with E-state index in [1.165, 1.54) is 6.26 Å². The van der Waals surface area contributed by atoms with Crippen molar-refractivity contribution in [1.82, 2.24) is 20.4 Å². The van der Waals surface area contributed by atoms with Gasteiger partial charge >= 0.3 is 0 Å². The summed E-state index contributed by atoms with van der Waals surface area (Å²) in [6.07, 6.45) is 3.55. The molecule has 9 nitrogen and oxygen atoms in total. The third kappa shape index (κ3) is 6.41. The van der Waals surface area contributed by atoms with Gasteiger partial charge in [0, 0.05) is 56.6 Å². The van der Waals surface area contributed by atoms with E-state index in [1.54, 1.807) is 36.4 Å². The maximum atomic E-state index is 12.5. The summed E-state index contributed by atoms with van der Waals surface area (Å²) in [6, 6.07) is 10.7. The van der Waals surface area contributed by atoms with E-state index in [2.05, 4.69) is 25.8 Å². The van der Waals surface area contributed by atoms with Crippen LogP contribution in [0, 0.1) is 0 Å². The van der Waals surface area contributed by atoms with Crippen LogP contribution in [0.15, 0.2) is 47.1 Å². The van der Waals surface area contributed by atoms with Crippen molar-refractivity contribution in [2.24, 2.45) is 0 Å². The number of anilines is 1. The lowest BCUT2D eigenvalue weighted by Gasteiger charge is -2.34. The van der Waals surface area contributed by atoms with E-state index in [-0.39, 0.29) is 17.7 Å². The molecule has 1 aliphatic carbocycles. The van der Waals surface area contributed by atoms with Gasteiger partial charge in [-0.3, -0.25) is 24.2 Å². The van der Waals surface area contributed by atoms with Gasteiger partial charge in [0.1, 0.15) is 0 Å². The molecule has 1 saturated heterocycles. The van der Waals surface area contributed by atoms with Crippen LogP contribution in [0.4, 0.5) is 5.69 Å². The van der Waals surface area contributed by atoms with Crippen molar-refractivity contribution in [1.29, 1.82) is 0 Å². The van der Waals surface area contributed by atoms with Gasteiger partial charge in [-0.2, -0.15) is 0 Å². The Labute approximate surface area is 187 Å². The first kappa shape index (κ1) is 22.0. The number of nitrogens with one attached hydrogen (secondary N) is 3. The first-order chi connectivity index (χ1) is 15.6. The van der Waals surface area contributed by atoms with Crippen LogP contribution in [-0.2, 0) is 4.79 Å². The minimum atomic E-state index is -0.209. The van der Waals surface area contributed by atoms with Crippen LogP contribution in [-0.4, -0.2) is 79.4 Å². The summed E-state index contributed by atoms with van der Waals surface area (Å²) in [5, 5.41) is 8.70. The van der Waals surface area contributed by atoms with Crippen molar-refractivity contribution in [2.75, 3.05) is 51.1 Å². The molecule has 4 rings (SSSR count). The Kier molecular flexibility index (Phi) is 7.18. The fourth-order valence-corrected chi connectivity index (χ4v) is 3.63. The summed E-state index contributed by atoms with van der Waals surface area (Å²) in [4.78, 5) is 40.9. The van der Waals surface area contributed by atoms with Crippen LogP contribution in [0.1, 0.15) is 33.8 Å². The summed E-state index contributed by atoms with van der Waals surface area (Å²) >= 11 is 0. The highest BCUT2D eigenvalue weighted by atomic mass is 16.3. The highest BCUT2D eigenvalue weighted by Crippen LogP contribution is 2.20. The van der Waals surface area contributed by atoms with E-state index in [4.69, 9.17) is 4.42 Å². The van der Waals surface area contributed by atoms with Gasteiger partial charge in [0.2, 0.25) is 5.91 Å². The molecule has 3 amide bonds. The van der Waals surface area contributed by atoms with Gasteiger partial charge in [0.15, 0.2) is 5.76 Å².